The van der Waals surface area contributed by atoms with Gasteiger partial charge in [-0.25, -0.2) is 0 Å². The number of nitrogens with zero attached hydrogens (tertiary/aromatic N) is 1. The number of rotatable bonds is 4. The number of para-hydroxylation sites is 1. The molecule has 4 heteroatoms. The Morgan fingerprint density at radius 1 is 1.40 bits per heavy atom. The van der Waals surface area contributed by atoms with E-state index in [1.54, 1.807) is 26.2 Å². The van der Waals surface area contributed by atoms with Crippen molar-refractivity contribution >= 4 is 5.91 Å². The molecule has 1 amide bonds. The molecule has 4 nitrogen and oxygen atoms in total. The molecular weight excluding hydrogens is 192 g/mol. The smallest absolute Gasteiger partial charge is 0.257 e. The van der Waals surface area contributed by atoms with Crippen LogP contribution in [0, 0.1) is 0 Å². The second-order valence-electron chi connectivity index (χ2n) is 3.33. The molecule has 0 aliphatic heterocycles. The Kier molecular flexibility index (Phi) is 4.12. The van der Waals surface area contributed by atoms with Crippen molar-refractivity contribution in [3.05, 3.63) is 29.8 Å². The Balaban J connectivity index is 2.90. The zero-order chi connectivity index (χ0) is 11.3. The van der Waals surface area contributed by atoms with Gasteiger partial charge < -0.3 is 15.4 Å². The third-order valence-electron chi connectivity index (χ3n) is 1.90. The molecule has 15 heavy (non-hydrogen) atoms. The Labute approximate surface area is 89.6 Å². The fourth-order valence-electron chi connectivity index (χ4n) is 1.18. The monoisotopic (exact) mass is 208 g/mol. The lowest BCUT2D eigenvalue weighted by atomic mass is 10.2. The van der Waals surface area contributed by atoms with Crippen LogP contribution in [0.25, 0.3) is 0 Å². The van der Waals surface area contributed by atoms with E-state index in [1.165, 1.54) is 4.90 Å². The fourth-order valence-corrected chi connectivity index (χ4v) is 1.18. The van der Waals surface area contributed by atoms with Gasteiger partial charge in [-0.1, -0.05) is 12.1 Å². The van der Waals surface area contributed by atoms with E-state index in [4.69, 9.17) is 10.5 Å². The van der Waals surface area contributed by atoms with Gasteiger partial charge in [0.1, 0.15) is 12.4 Å². The maximum Gasteiger partial charge on any atom is 0.257 e. The van der Waals surface area contributed by atoms with Gasteiger partial charge in [0.25, 0.3) is 5.91 Å². The minimum Gasteiger partial charge on any atom is -0.491 e. The standard InChI is InChI=1S/C11H16N2O2/c1-13(2)11(14)9-5-3-4-6-10(9)15-8-7-12/h3-6H,7-8,12H2,1-2H3. The number of amides is 1. The van der Waals surface area contributed by atoms with Gasteiger partial charge in [0.05, 0.1) is 5.56 Å². The summed E-state index contributed by atoms with van der Waals surface area (Å²) in [6, 6.07) is 7.16. The molecule has 0 spiro atoms. The highest BCUT2D eigenvalue weighted by Gasteiger charge is 2.13. The van der Waals surface area contributed by atoms with E-state index in [9.17, 15) is 4.79 Å². The van der Waals surface area contributed by atoms with Crippen LogP contribution in [0.3, 0.4) is 0 Å². The number of hydrogen-bond acceptors (Lipinski definition) is 3. The fraction of sp³-hybridized carbons (Fsp3) is 0.364. The van der Waals surface area contributed by atoms with Crippen molar-refractivity contribution in [3.63, 3.8) is 0 Å². The molecule has 2 N–H and O–H groups in total. The maximum atomic E-state index is 11.7. The third-order valence-corrected chi connectivity index (χ3v) is 1.90. The summed E-state index contributed by atoms with van der Waals surface area (Å²) in [6.07, 6.45) is 0. The zero-order valence-corrected chi connectivity index (χ0v) is 9.06. The molecule has 0 aliphatic rings. The molecule has 0 bridgehead atoms. The highest BCUT2D eigenvalue weighted by molar-refractivity contribution is 5.96. The van der Waals surface area contributed by atoms with E-state index in [2.05, 4.69) is 0 Å². The molecule has 0 heterocycles. The summed E-state index contributed by atoms with van der Waals surface area (Å²) in [5, 5.41) is 0. The number of hydrogen-bond donors (Lipinski definition) is 1. The van der Waals surface area contributed by atoms with Crippen LogP contribution in [-0.2, 0) is 0 Å². The summed E-state index contributed by atoms with van der Waals surface area (Å²) in [5.74, 6) is 0.518. The van der Waals surface area contributed by atoms with Crippen molar-refractivity contribution in [2.45, 2.75) is 0 Å². The minimum atomic E-state index is -0.0670. The van der Waals surface area contributed by atoms with E-state index in [1.807, 2.05) is 12.1 Å². The molecule has 0 unspecified atom stereocenters. The summed E-state index contributed by atoms with van der Waals surface area (Å²) in [7, 11) is 3.42. The molecular formula is C11H16N2O2. The van der Waals surface area contributed by atoms with E-state index in [-0.39, 0.29) is 5.91 Å². The largest absolute Gasteiger partial charge is 0.491 e. The van der Waals surface area contributed by atoms with Crippen molar-refractivity contribution in [1.82, 2.24) is 4.90 Å². The average molecular weight is 208 g/mol. The van der Waals surface area contributed by atoms with Gasteiger partial charge in [-0.2, -0.15) is 0 Å². The van der Waals surface area contributed by atoms with Crippen molar-refractivity contribution in [2.24, 2.45) is 5.73 Å². The summed E-state index contributed by atoms with van der Waals surface area (Å²) >= 11 is 0. The first-order valence-electron chi connectivity index (χ1n) is 4.80. The number of carbonyl (C=O) groups is 1. The van der Waals surface area contributed by atoms with Crippen LogP contribution >= 0.6 is 0 Å². The first-order chi connectivity index (χ1) is 7.16. The van der Waals surface area contributed by atoms with Gasteiger partial charge in [0, 0.05) is 20.6 Å². The van der Waals surface area contributed by atoms with Crippen LogP contribution < -0.4 is 10.5 Å². The average Bonchev–Trinajstić information content (AvgIpc) is 2.25. The van der Waals surface area contributed by atoms with Gasteiger partial charge >= 0.3 is 0 Å². The van der Waals surface area contributed by atoms with E-state index < -0.39 is 0 Å². The van der Waals surface area contributed by atoms with Crippen LogP contribution in [0.2, 0.25) is 0 Å². The van der Waals surface area contributed by atoms with E-state index in [0.29, 0.717) is 24.5 Å². The lowest BCUT2D eigenvalue weighted by Crippen LogP contribution is -2.23. The molecule has 0 saturated heterocycles. The van der Waals surface area contributed by atoms with Gasteiger partial charge in [-0.05, 0) is 12.1 Å². The Hall–Kier alpha value is -1.55. The molecule has 0 atom stereocenters. The van der Waals surface area contributed by atoms with Crippen molar-refractivity contribution in [1.29, 1.82) is 0 Å². The van der Waals surface area contributed by atoms with Crippen LogP contribution in [0.15, 0.2) is 24.3 Å². The molecule has 82 valence electrons. The molecule has 1 rings (SSSR count). The minimum absolute atomic E-state index is 0.0670. The number of carbonyl (C=O) groups excluding carboxylic acids is 1. The zero-order valence-electron chi connectivity index (χ0n) is 9.06. The van der Waals surface area contributed by atoms with Crippen LogP contribution in [-0.4, -0.2) is 38.1 Å². The highest BCUT2D eigenvalue weighted by atomic mass is 16.5. The third kappa shape index (κ3) is 2.95. The van der Waals surface area contributed by atoms with Crippen molar-refractivity contribution < 1.29 is 9.53 Å². The second kappa shape index (κ2) is 5.36. The molecule has 0 aromatic heterocycles. The number of benzene rings is 1. The van der Waals surface area contributed by atoms with Crippen molar-refractivity contribution in [3.8, 4) is 5.75 Å². The Bertz CT molecular complexity index is 337. The SMILES string of the molecule is CN(C)C(=O)c1ccccc1OCCN. The van der Waals surface area contributed by atoms with E-state index in [0.717, 1.165) is 0 Å². The lowest BCUT2D eigenvalue weighted by Gasteiger charge is -2.14. The lowest BCUT2D eigenvalue weighted by molar-refractivity contribution is 0.0823. The van der Waals surface area contributed by atoms with Gasteiger partial charge in [0.2, 0.25) is 0 Å². The van der Waals surface area contributed by atoms with Crippen LogP contribution in [0.4, 0.5) is 0 Å². The Morgan fingerprint density at radius 3 is 2.67 bits per heavy atom. The molecule has 0 fully saturated rings. The van der Waals surface area contributed by atoms with Gasteiger partial charge in [-0.3, -0.25) is 4.79 Å². The quantitative estimate of drug-likeness (QED) is 0.793. The Morgan fingerprint density at radius 2 is 2.07 bits per heavy atom. The van der Waals surface area contributed by atoms with Crippen LogP contribution in [0.5, 0.6) is 5.75 Å². The molecule has 0 aliphatic carbocycles. The molecule has 0 radical (unpaired) electrons. The predicted octanol–water partition coefficient (Wildman–Crippen LogP) is 0.726. The molecule has 1 aromatic rings. The normalized spacial score (nSPS) is 9.80. The summed E-state index contributed by atoms with van der Waals surface area (Å²) in [5.41, 5.74) is 5.91. The highest BCUT2D eigenvalue weighted by Crippen LogP contribution is 2.18. The predicted molar refractivity (Wildman–Crippen MR) is 59.0 cm³/mol. The van der Waals surface area contributed by atoms with Gasteiger partial charge in [0.15, 0.2) is 0 Å². The summed E-state index contributed by atoms with van der Waals surface area (Å²) in [6.45, 7) is 0.849. The summed E-state index contributed by atoms with van der Waals surface area (Å²) in [4.78, 5) is 13.3. The number of ether oxygens (including phenoxy) is 1. The topological polar surface area (TPSA) is 55.6 Å². The second-order valence-corrected chi connectivity index (χ2v) is 3.33. The molecule has 1 aromatic carbocycles. The van der Waals surface area contributed by atoms with Gasteiger partial charge in [-0.15, -0.1) is 0 Å². The van der Waals surface area contributed by atoms with Crippen LogP contribution in [0.1, 0.15) is 10.4 Å². The summed E-state index contributed by atoms with van der Waals surface area (Å²) < 4.78 is 5.39. The first-order valence-corrected chi connectivity index (χ1v) is 4.80. The van der Waals surface area contributed by atoms with E-state index >= 15 is 0 Å². The first kappa shape index (κ1) is 11.5. The maximum absolute atomic E-state index is 11.7. The molecule has 0 saturated carbocycles. The van der Waals surface area contributed by atoms with Crippen molar-refractivity contribution in [2.75, 3.05) is 27.2 Å². The number of nitrogens with two attached hydrogens (primary N) is 1.